The molecule has 6 nitrogen and oxygen atoms in total. The number of hydrogen-bond donors (Lipinski definition) is 0. The molecule has 6 heteroatoms. The number of anilines is 1. The lowest BCUT2D eigenvalue weighted by atomic mass is 9.59. The summed E-state index contributed by atoms with van der Waals surface area (Å²) in [5.74, 6) is 1.32. The summed E-state index contributed by atoms with van der Waals surface area (Å²) in [7, 11) is 1.82. The molecule has 0 amide bonds. The van der Waals surface area contributed by atoms with Gasteiger partial charge in [-0.3, -0.25) is 0 Å². The average Bonchev–Trinajstić information content (AvgIpc) is 3.42. The number of methoxy groups -OCH3 is 1. The van der Waals surface area contributed by atoms with Crippen molar-refractivity contribution in [2.75, 3.05) is 44.7 Å². The van der Waals surface area contributed by atoms with Gasteiger partial charge >= 0.3 is 0 Å². The molecule has 1 unspecified atom stereocenters. The van der Waals surface area contributed by atoms with Crippen molar-refractivity contribution in [1.29, 1.82) is 10.5 Å². The number of aldehydes is 1. The summed E-state index contributed by atoms with van der Waals surface area (Å²) >= 11 is 0. The third kappa shape index (κ3) is 5.78. The second-order valence-electron chi connectivity index (χ2n) is 10.9. The number of ether oxygens (including phenoxy) is 1. The van der Waals surface area contributed by atoms with Gasteiger partial charge in [0.05, 0.1) is 29.2 Å². The molecule has 2 aliphatic heterocycles. The van der Waals surface area contributed by atoms with Gasteiger partial charge in [-0.05, 0) is 81.4 Å². The predicted molar refractivity (Wildman–Crippen MR) is 150 cm³/mol. The Labute approximate surface area is 227 Å². The molecule has 2 aromatic carbocycles. The van der Waals surface area contributed by atoms with Gasteiger partial charge in [-0.1, -0.05) is 36.8 Å². The lowest BCUT2D eigenvalue weighted by molar-refractivity contribution is -0.106. The van der Waals surface area contributed by atoms with E-state index in [4.69, 9.17) is 14.8 Å². The van der Waals surface area contributed by atoms with E-state index in [-0.39, 0.29) is 12.0 Å². The van der Waals surface area contributed by atoms with Gasteiger partial charge in [-0.2, -0.15) is 10.5 Å². The zero-order chi connectivity index (χ0) is 27.0. The molecule has 0 bridgehead atoms. The van der Waals surface area contributed by atoms with Crippen molar-refractivity contribution < 1.29 is 9.53 Å². The number of piperidine rings is 1. The van der Waals surface area contributed by atoms with E-state index < -0.39 is 5.41 Å². The molecule has 1 aliphatic carbocycles. The van der Waals surface area contributed by atoms with Crippen molar-refractivity contribution in [3.05, 3.63) is 65.7 Å². The minimum absolute atomic E-state index is 0.177. The third-order valence-corrected chi connectivity index (χ3v) is 8.84. The zero-order valence-electron chi connectivity index (χ0n) is 22.8. The zero-order valence-corrected chi connectivity index (χ0v) is 22.8. The lowest BCUT2D eigenvalue weighted by Crippen LogP contribution is -2.54. The van der Waals surface area contributed by atoms with E-state index in [0.29, 0.717) is 17.4 Å². The molecular formula is C32H40N4O2. The summed E-state index contributed by atoms with van der Waals surface area (Å²) in [6, 6.07) is 23.6. The Kier molecular flexibility index (Phi) is 9.56. The summed E-state index contributed by atoms with van der Waals surface area (Å²) in [4.78, 5) is 13.8. The molecular weight excluding hydrogens is 472 g/mol. The fourth-order valence-corrected chi connectivity index (χ4v) is 7.01. The van der Waals surface area contributed by atoms with Crippen molar-refractivity contribution >= 4 is 12.0 Å². The summed E-state index contributed by atoms with van der Waals surface area (Å²) in [6.07, 6.45) is 6.36. The Bertz CT molecular complexity index is 1110. The monoisotopic (exact) mass is 512 g/mol. The standard InChI is InChI=1S/C30H36N4O.C2H4O/c1-35-29-9-5-8-28(29)30(22-32,25-6-3-2-4-7-25)26-14-16-33(17-15-26)19-24-20-34(21-24)27-12-10-23(18-31)11-13-27;1-2-3/h2-4,6-7,10-13,24,26,28-29H,5,8-9,14-17,19-21H2,1H3;2H,1H3/t28?,29-,30+;/m0./s1. The largest absolute Gasteiger partial charge is 0.381 e. The number of nitriles is 2. The Balaban J connectivity index is 0.00000107. The van der Waals surface area contributed by atoms with Crippen LogP contribution in [-0.4, -0.2) is 57.1 Å². The van der Waals surface area contributed by atoms with E-state index in [1.807, 2.05) is 19.2 Å². The number of benzene rings is 2. The normalized spacial score (nSPS) is 23.7. The smallest absolute Gasteiger partial charge is 0.116 e. The summed E-state index contributed by atoms with van der Waals surface area (Å²) < 4.78 is 5.92. The highest BCUT2D eigenvalue weighted by Gasteiger charge is 2.52. The Morgan fingerprint density at radius 3 is 2.24 bits per heavy atom. The molecule has 200 valence electrons. The van der Waals surface area contributed by atoms with Gasteiger partial charge < -0.3 is 19.3 Å². The number of rotatable bonds is 7. The highest BCUT2D eigenvalue weighted by atomic mass is 16.5. The van der Waals surface area contributed by atoms with Gasteiger partial charge in [0.2, 0.25) is 0 Å². The van der Waals surface area contributed by atoms with E-state index in [9.17, 15) is 5.26 Å². The molecule has 2 aromatic rings. The van der Waals surface area contributed by atoms with Crippen molar-refractivity contribution in [2.24, 2.45) is 17.8 Å². The molecule has 0 radical (unpaired) electrons. The number of hydrogen-bond acceptors (Lipinski definition) is 6. The van der Waals surface area contributed by atoms with Gasteiger partial charge in [0.25, 0.3) is 0 Å². The van der Waals surface area contributed by atoms with Crippen LogP contribution < -0.4 is 4.90 Å². The summed E-state index contributed by atoms with van der Waals surface area (Å²) in [6.45, 7) is 6.87. The first kappa shape index (κ1) is 27.8. The van der Waals surface area contributed by atoms with Crippen LogP contribution in [0.1, 0.15) is 50.2 Å². The fourth-order valence-electron chi connectivity index (χ4n) is 7.01. The van der Waals surface area contributed by atoms with Crippen molar-refractivity contribution in [3.8, 4) is 12.1 Å². The van der Waals surface area contributed by atoms with Crippen LogP contribution >= 0.6 is 0 Å². The van der Waals surface area contributed by atoms with Crippen LogP contribution in [0.2, 0.25) is 0 Å². The number of carbonyl (C=O) groups excluding carboxylic acids is 1. The van der Waals surface area contributed by atoms with E-state index >= 15 is 0 Å². The molecule has 5 rings (SSSR count). The van der Waals surface area contributed by atoms with E-state index in [2.05, 4.69) is 64.4 Å². The van der Waals surface area contributed by atoms with Gasteiger partial charge in [-0.15, -0.1) is 0 Å². The minimum Gasteiger partial charge on any atom is -0.381 e. The maximum absolute atomic E-state index is 10.7. The van der Waals surface area contributed by atoms with Gasteiger partial charge in [0.1, 0.15) is 6.29 Å². The SMILES string of the molecule is CC=O.CO[C@H]1CCCC1[C@](C#N)(c1ccccc1)C1CCN(CC2CN(c3ccc(C#N)cc3)C2)CC1. The Hall–Kier alpha value is -3.19. The van der Waals surface area contributed by atoms with E-state index in [1.165, 1.54) is 18.2 Å². The van der Waals surface area contributed by atoms with Crippen LogP contribution in [0.3, 0.4) is 0 Å². The molecule has 2 heterocycles. The molecule has 3 atom stereocenters. The Morgan fingerprint density at radius 2 is 1.66 bits per heavy atom. The summed E-state index contributed by atoms with van der Waals surface area (Å²) in [5.41, 5.74) is 2.65. The number of carbonyl (C=O) groups is 1. The maximum atomic E-state index is 10.7. The van der Waals surface area contributed by atoms with Crippen molar-refractivity contribution in [3.63, 3.8) is 0 Å². The van der Waals surface area contributed by atoms with E-state index in [1.54, 1.807) is 0 Å². The molecule has 3 fully saturated rings. The highest BCUT2D eigenvalue weighted by Crippen LogP contribution is 2.50. The average molecular weight is 513 g/mol. The fraction of sp³-hybridized carbons (Fsp3) is 0.531. The highest BCUT2D eigenvalue weighted by molar-refractivity contribution is 5.51. The topological polar surface area (TPSA) is 80.4 Å². The molecule has 0 aromatic heterocycles. The Morgan fingerprint density at radius 1 is 1.00 bits per heavy atom. The predicted octanol–water partition coefficient (Wildman–Crippen LogP) is 5.19. The van der Waals surface area contributed by atoms with Crippen LogP contribution in [-0.2, 0) is 14.9 Å². The number of likely N-dealkylation sites (tertiary alicyclic amines) is 1. The van der Waals surface area contributed by atoms with Gasteiger partial charge in [-0.25, -0.2) is 0 Å². The van der Waals surface area contributed by atoms with Crippen molar-refractivity contribution in [1.82, 2.24) is 4.90 Å². The van der Waals surface area contributed by atoms with Crippen LogP contribution in [0, 0.1) is 40.4 Å². The van der Waals surface area contributed by atoms with Crippen LogP contribution in [0.25, 0.3) is 0 Å². The minimum atomic E-state index is -0.465. The first-order chi connectivity index (χ1) is 18.6. The summed E-state index contributed by atoms with van der Waals surface area (Å²) in [5, 5.41) is 19.7. The molecule has 0 N–H and O–H groups in total. The quantitative estimate of drug-likeness (QED) is 0.475. The lowest BCUT2D eigenvalue weighted by Gasteiger charge is -2.48. The molecule has 38 heavy (non-hydrogen) atoms. The van der Waals surface area contributed by atoms with Gasteiger partial charge in [0.15, 0.2) is 0 Å². The number of nitrogens with zero attached hydrogens (tertiary/aromatic N) is 4. The van der Waals surface area contributed by atoms with Crippen molar-refractivity contribution in [2.45, 2.75) is 50.5 Å². The molecule has 2 saturated heterocycles. The first-order valence-electron chi connectivity index (χ1n) is 14.0. The van der Waals surface area contributed by atoms with Gasteiger partial charge in [0, 0.05) is 44.3 Å². The third-order valence-electron chi connectivity index (χ3n) is 8.84. The second-order valence-corrected chi connectivity index (χ2v) is 10.9. The molecule has 1 saturated carbocycles. The second kappa shape index (κ2) is 13.1. The van der Waals surface area contributed by atoms with E-state index in [0.717, 1.165) is 71.1 Å². The molecule has 0 spiro atoms. The maximum Gasteiger partial charge on any atom is 0.116 e. The van der Waals surface area contributed by atoms with Crippen LogP contribution in [0.15, 0.2) is 54.6 Å². The van der Waals surface area contributed by atoms with Crippen LogP contribution in [0.4, 0.5) is 5.69 Å². The van der Waals surface area contributed by atoms with Crippen LogP contribution in [0.5, 0.6) is 0 Å². The molecule has 3 aliphatic rings. The first-order valence-corrected chi connectivity index (χ1v) is 14.0.